The van der Waals surface area contributed by atoms with Gasteiger partial charge in [0.2, 0.25) is 11.8 Å². The molecule has 0 aromatic heterocycles. The van der Waals surface area contributed by atoms with Crippen LogP contribution in [0, 0.1) is 28.5 Å². The maximum atomic E-state index is 15.6. The molecule has 1 spiro atoms. The van der Waals surface area contributed by atoms with Gasteiger partial charge >= 0.3 is 0 Å². The Kier molecular flexibility index (Phi) is 10.7. The lowest BCUT2D eigenvalue weighted by atomic mass is 9.77. The number of piperidine rings is 3. The molecule has 3 aromatic rings. The highest BCUT2D eigenvalue weighted by molar-refractivity contribution is 6.32. The van der Waals surface area contributed by atoms with E-state index in [0.717, 1.165) is 94.2 Å². The topological polar surface area (TPSA) is 141 Å². The molecule has 3 aromatic carbocycles. The third kappa shape index (κ3) is 7.58. The molecule has 5 amide bonds. The van der Waals surface area contributed by atoms with Crippen LogP contribution < -0.4 is 20.0 Å². The zero-order valence-electron chi connectivity index (χ0n) is 33.5. The van der Waals surface area contributed by atoms with Gasteiger partial charge in [0.15, 0.2) is 0 Å². The van der Waals surface area contributed by atoms with Gasteiger partial charge in [-0.3, -0.25) is 39.1 Å². The number of piperazine rings is 1. The quantitative estimate of drug-likeness (QED) is 0.327. The highest BCUT2D eigenvalue weighted by Crippen LogP contribution is 2.43. The number of carbonyl (C=O) groups excluding carboxylic acids is 5. The van der Waals surface area contributed by atoms with Crippen LogP contribution in [-0.4, -0.2) is 122 Å². The van der Waals surface area contributed by atoms with Gasteiger partial charge in [0, 0.05) is 95.4 Å². The van der Waals surface area contributed by atoms with E-state index in [2.05, 4.69) is 31.0 Å². The average molecular weight is 835 g/mol. The van der Waals surface area contributed by atoms with Crippen molar-refractivity contribution < 1.29 is 28.4 Å². The maximum Gasteiger partial charge on any atom is 0.262 e. The van der Waals surface area contributed by atoms with Crippen molar-refractivity contribution in [2.45, 2.75) is 51.0 Å². The predicted molar refractivity (Wildman–Crippen MR) is 224 cm³/mol. The van der Waals surface area contributed by atoms with Crippen LogP contribution in [0.2, 0.25) is 5.02 Å². The summed E-state index contributed by atoms with van der Waals surface area (Å²) >= 11 is 6.31. The first-order valence-corrected chi connectivity index (χ1v) is 21.5. The van der Waals surface area contributed by atoms with Gasteiger partial charge in [-0.1, -0.05) is 11.6 Å². The fourth-order valence-electron chi connectivity index (χ4n) is 10.2. The first kappa shape index (κ1) is 39.9. The molecule has 1 atom stereocenters. The molecule has 6 aliphatic heterocycles. The van der Waals surface area contributed by atoms with Crippen molar-refractivity contribution in [3.8, 4) is 6.07 Å². The van der Waals surface area contributed by atoms with Gasteiger partial charge in [0.1, 0.15) is 17.9 Å². The number of likely N-dealkylation sites (tertiary alicyclic amines) is 1. The molecule has 60 heavy (non-hydrogen) atoms. The van der Waals surface area contributed by atoms with Gasteiger partial charge < -0.3 is 19.6 Å². The number of rotatable bonds is 7. The lowest BCUT2D eigenvalue weighted by molar-refractivity contribution is -0.136. The number of amides is 5. The second kappa shape index (κ2) is 16.2. The van der Waals surface area contributed by atoms with Crippen molar-refractivity contribution in [1.82, 2.24) is 20.0 Å². The first-order chi connectivity index (χ1) is 29.0. The molecular weight excluding hydrogens is 787 g/mol. The highest BCUT2D eigenvalue weighted by atomic mass is 35.5. The normalized spacial score (nSPS) is 22.4. The van der Waals surface area contributed by atoms with E-state index in [-0.39, 0.29) is 35.5 Å². The lowest BCUT2D eigenvalue weighted by Crippen LogP contribution is -2.54. The molecule has 0 radical (unpaired) electrons. The second-order valence-electron chi connectivity index (χ2n) is 17.3. The van der Waals surface area contributed by atoms with Crippen LogP contribution in [0.15, 0.2) is 54.6 Å². The van der Waals surface area contributed by atoms with Gasteiger partial charge in [0.05, 0.1) is 27.4 Å². The van der Waals surface area contributed by atoms with Crippen LogP contribution in [0.1, 0.15) is 81.6 Å². The third-order valence-electron chi connectivity index (χ3n) is 13.8. The summed E-state index contributed by atoms with van der Waals surface area (Å²) < 4.78 is 15.6. The van der Waals surface area contributed by atoms with E-state index in [9.17, 15) is 29.2 Å². The summed E-state index contributed by atoms with van der Waals surface area (Å²) in [7, 11) is 0. The van der Waals surface area contributed by atoms with E-state index < -0.39 is 29.7 Å². The summed E-state index contributed by atoms with van der Waals surface area (Å²) in [5, 5.41) is 11.9. The molecule has 9 rings (SSSR count). The van der Waals surface area contributed by atoms with Gasteiger partial charge in [-0.2, -0.15) is 5.26 Å². The Labute approximate surface area is 353 Å². The van der Waals surface area contributed by atoms with Crippen LogP contribution in [0.3, 0.4) is 0 Å². The summed E-state index contributed by atoms with van der Waals surface area (Å²) in [5.74, 6) is -2.02. The number of imide groups is 2. The van der Waals surface area contributed by atoms with Crippen molar-refractivity contribution in [1.29, 1.82) is 5.26 Å². The van der Waals surface area contributed by atoms with Gasteiger partial charge in [-0.25, -0.2) is 4.39 Å². The molecule has 312 valence electrons. The van der Waals surface area contributed by atoms with Crippen LogP contribution >= 0.6 is 11.6 Å². The minimum absolute atomic E-state index is 0.0817. The van der Waals surface area contributed by atoms with Gasteiger partial charge in [-0.15, -0.1) is 0 Å². The van der Waals surface area contributed by atoms with E-state index in [4.69, 9.17) is 11.6 Å². The molecule has 5 saturated heterocycles. The zero-order chi connectivity index (χ0) is 41.7. The number of hydrogen-bond acceptors (Lipinski definition) is 10. The van der Waals surface area contributed by atoms with E-state index in [0.29, 0.717) is 59.5 Å². The Bertz CT molecular complexity index is 2290. The molecule has 6 aliphatic rings. The summed E-state index contributed by atoms with van der Waals surface area (Å²) in [6.45, 7) is 8.65. The summed E-state index contributed by atoms with van der Waals surface area (Å²) in [6.07, 6.45) is 4.96. The maximum absolute atomic E-state index is 15.6. The third-order valence-corrected chi connectivity index (χ3v) is 14.1. The monoisotopic (exact) mass is 834 g/mol. The number of halogens is 2. The second-order valence-corrected chi connectivity index (χ2v) is 17.7. The SMILES string of the molecule is N#Cc1ccc(N2CCC3(CCN(C(=O)c4ccc(N5CCN(CC6CCN(c7ccc8c(c7)C(=O)N(C7CCC(=O)NC7=O)C8=O)CC6)CC5)c(F)c4)CC3)C2)cc1Cl. The Balaban J connectivity index is 0.726. The van der Waals surface area contributed by atoms with Crippen molar-refractivity contribution in [2.24, 2.45) is 11.3 Å². The van der Waals surface area contributed by atoms with E-state index >= 15 is 4.39 Å². The number of nitrogens with zero attached hydrogens (tertiary/aromatic N) is 7. The standard InChI is InChI=1S/C45H48ClFN8O5/c46-36-25-33(3-1-31(36)26-48)54-18-13-45(28-54)11-16-53(17-12-45)42(58)30-2-6-38(37(47)23-30)52-21-19-50(20-22-52)27-29-9-14-51(15-10-29)32-4-5-34-35(24-32)44(60)55(43(34)59)39-7-8-40(56)49-41(39)57/h1-6,23-25,29,39H,7-22,27-28H2,(H,49,56,57). The molecule has 0 aliphatic carbocycles. The highest BCUT2D eigenvalue weighted by Gasteiger charge is 2.45. The molecule has 1 N–H and O–H groups in total. The largest absolute Gasteiger partial charge is 0.371 e. The van der Waals surface area contributed by atoms with Crippen molar-refractivity contribution in [3.63, 3.8) is 0 Å². The molecular formula is C45H48ClFN8O5. The molecule has 13 nitrogen and oxygen atoms in total. The average Bonchev–Trinajstić information content (AvgIpc) is 3.78. The Morgan fingerprint density at radius 2 is 1.48 bits per heavy atom. The number of nitriles is 1. The van der Waals surface area contributed by atoms with Crippen molar-refractivity contribution in [3.05, 3.63) is 87.7 Å². The Hall–Kier alpha value is -5.52. The van der Waals surface area contributed by atoms with E-state index in [1.165, 1.54) is 6.07 Å². The number of nitrogens with one attached hydrogen (secondary N) is 1. The van der Waals surface area contributed by atoms with Gasteiger partial charge in [0.25, 0.3) is 17.7 Å². The van der Waals surface area contributed by atoms with Crippen LogP contribution in [0.4, 0.5) is 21.5 Å². The van der Waals surface area contributed by atoms with Crippen LogP contribution in [-0.2, 0) is 9.59 Å². The number of benzene rings is 3. The fraction of sp³-hybridized carbons (Fsp3) is 0.467. The Morgan fingerprint density at radius 3 is 2.18 bits per heavy atom. The van der Waals surface area contributed by atoms with Crippen LogP contribution in [0.5, 0.6) is 0 Å². The molecule has 6 heterocycles. The zero-order valence-corrected chi connectivity index (χ0v) is 34.3. The number of fused-ring (bicyclic) bond motifs is 1. The molecule has 15 heteroatoms. The van der Waals surface area contributed by atoms with Gasteiger partial charge in [-0.05, 0) is 104 Å². The Morgan fingerprint density at radius 1 is 0.783 bits per heavy atom. The summed E-state index contributed by atoms with van der Waals surface area (Å²) in [5.41, 5.74) is 3.96. The number of carbonyl (C=O) groups is 5. The fourth-order valence-corrected chi connectivity index (χ4v) is 10.4. The number of hydrogen-bond donors (Lipinski definition) is 1. The summed E-state index contributed by atoms with van der Waals surface area (Å²) in [6, 6.07) is 16.9. The number of anilines is 3. The molecule has 5 fully saturated rings. The van der Waals surface area contributed by atoms with Crippen molar-refractivity contribution in [2.75, 3.05) is 86.7 Å². The predicted octanol–water partition coefficient (Wildman–Crippen LogP) is 4.92. The molecule has 1 unspecified atom stereocenters. The molecule has 0 saturated carbocycles. The smallest absolute Gasteiger partial charge is 0.262 e. The molecule has 0 bridgehead atoms. The van der Waals surface area contributed by atoms with Crippen molar-refractivity contribution >= 4 is 58.2 Å². The minimum atomic E-state index is -0.985. The van der Waals surface area contributed by atoms with E-state index in [1.54, 1.807) is 30.3 Å². The first-order valence-electron chi connectivity index (χ1n) is 21.1. The van der Waals surface area contributed by atoms with Crippen LogP contribution in [0.25, 0.3) is 0 Å². The minimum Gasteiger partial charge on any atom is -0.371 e. The van der Waals surface area contributed by atoms with E-state index in [1.807, 2.05) is 23.1 Å². The lowest BCUT2D eigenvalue weighted by Gasteiger charge is -2.40. The summed E-state index contributed by atoms with van der Waals surface area (Å²) in [4.78, 5) is 76.0.